The number of halogens is 3. The number of fused-ring (bicyclic) bond motifs is 1. The Hall–Kier alpha value is -1.79. The van der Waals surface area contributed by atoms with E-state index in [1.807, 2.05) is 4.90 Å². The second kappa shape index (κ2) is 6.37. The summed E-state index contributed by atoms with van der Waals surface area (Å²) in [6.45, 7) is 2.62. The van der Waals surface area contributed by atoms with Gasteiger partial charge in [-0.1, -0.05) is 18.2 Å². The lowest BCUT2D eigenvalue weighted by atomic mass is 9.97. The molecule has 0 saturated carbocycles. The first-order valence-electron chi connectivity index (χ1n) is 7.66. The molecule has 0 radical (unpaired) electrons. The van der Waals surface area contributed by atoms with Crippen molar-refractivity contribution in [3.8, 4) is 5.75 Å². The molecule has 1 saturated heterocycles. The summed E-state index contributed by atoms with van der Waals surface area (Å²) in [6, 6.07) is 9.54. The predicted octanol–water partition coefficient (Wildman–Crippen LogP) is 3.44. The first kappa shape index (κ1) is 16.1. The van der Waals surface area contributed by atoms with E-state index in [4.69, 9.17) is 0 Å². The highest BCUT2D eigenvalue weighted by Crippen LogP contribution is 2.35. The van der Waals surface area contributed by atoms with E-state index in [-0.39, 0.29) is 5.75 Å². The van der Waals surface area contributed by atoms with Crippen molar-refractivity contribution in [2.75, 3.05) is 26.2 Å². The molecule has 3 nitrogen and oxygen atoms in total. The lowest BCUT2D eigenvalue weighted by Crippen LogP contribution is -2.46. The van der Waals surface area contributed by atoms with Crippen molar-refractivity contribution in [3.63, 3.8) is 0 Å². The molecule has 0 spiro atoms. The molecule has 23 heavy (non-hydrogen) atoms. The Morgan fingerprint density at radius 2 is 1.70 bits per heavy atom. The number of benzene rings is 2. The molecule has 6 heteroatoms. The van der Waals surface area contributed by atoms with Crippen molar-refractivity contribution < 1.29 is 18.3 Å². The molecule has 0 bridgehead atoms. The largest absolute Gasteiger partial charge is 0.508 e. The number of aromatic hydroxyl groups is 1. The van der Waals surface area contributed by atoms with Crippen LogP contribution in [0.2, 0.25) is 0 Å². The molecule has 2 N–H and O–H groups in total. The maximum Gasteiger partial charge on any atom is 0.390 e. The first-order valence-corrected chi connectivity index (χ1v) is 7.66. The molecule has 1 atom stereocenters. The fourth-order valence-electron chi connectivity index (χ4n) is 3.13. The third-order valence-electron chi connectivity index (χ3n) is 4.25. The van der Waals surface area contributed by atoms with E-state index in [0.717, 1.165) is 10.8 Å². The van der Waals surface area contributed by atoms with Gasteiger partial charge in [-0.05, 0) is 34.5 Å². The minimum atomic E-state index is -4.21. The van der Waals surface area contributed by atoms with Gasteiger partial charge in [0.15, 0.2) is 0 Å². The van der Waals surface area contributed by atoms with E-state index in [0.29, 0.717) is 31.7 Å². The average Bonchev–Trinajstić information content (AvgIpc) is 2.52. The second-order valence-corrected chi connectivity index (χ2v) is 5.91. The van der Waals surface area contributed by atoms with E-state index in [2.05, 4.69) is 5.32 Å². The van der Waals surface area contributed by atoms with E-state index in [9.17, 15) is 18.3 Å². The molecule has 0 amide bonds. The van der Waals surface area contributed by atoms with Crippen LogP contribution < -0.4 is 5.32 Å². The monoisotopic (exact) mass is 324 g/mol. The molecule has 0 unspecified atom stereocenters. The van der Waals surface area contributed by atoms with Gasteiger partial charge in [0.25, 0.3) is 0 Å². The minimum Gasteiger partial charge on any atom is -0.508 e. The number of rotatable bonds is 3. The fraction of sp³-hybridized carbons (Fsp3) is 0.412. The van der Waals surface area contributed by atoms with Crippen molar-refractivity contribution in [1.82, 2.24) is 10.2 Å². The smallest absolute Gasteiger partial charge is 0.390 e. The highest BCUT2D eigenvalue weighted by atomic mass is 19.4. The van der Waals surface area contributed by atoms with E-state index in [1.54, 1.807) is 36.4 Å². The Morgan fingerprint density at radius 1 is 1.04 bits per heavy atom. The Morgan fingerprint density at radius 3 is 2.39 bits per heavy atom. The third-order valence-corrected chi connectivity index (χ3v) is 4.25. The van der Waals surface area contributed by atoms with Gasteiger partial charge in [0.1, 0.15) is 5.75 Å². The van der Waals surface area contributed by atoms with Crippen molar-refractivity contribution in [3.05, 3.63) is 42.0 Å². The summed E-state index contributed by atoms with van der Waals surface area (Å²) in [7, 11) is 0. The van der Waals surface area contributed by atoms with Crippen LogP contribution in [0.1, 0.15) is 18.0 Å². The number of hydrogen-bond acceptors (Lipinski definition) is 3. The Kier molecular flexibility index (Phi) is 4.46. The van der Waals surface area contributed by atoms with Gasteiger partial charge >= 0.3 is 6.18 Å². The van der Waals surface area contributed by atoms with Crippen LogP contribution in [-0.2, 0) is 0 Å². The number of phenolic OH excluding ortho intramolecular Hbond substituents is 1. The normalized spacial score (nSPS) is 18.2. The number of alkyl halides is 3. The van der Waals surface area contributed by atoms with Crippen LogP contribution in [-0.4, -0.2) is 42.4 Å². The summed E-state index contributed by atoms with van der Waals surface area (Å²) in [6.07, 6.45) is -5.06. The van der Waals surface area contributed by atoms with Crippen molar-refractivity contribution in [2.24, 2.45) is 0 Å². The quantitative estimate of drug-likeness (QED) is 0.908. The van der Waals surface area contributed by atoms with E-state index < -0.39 is 18.6 Å². The van der Waals surface area contributed by atoms with Gasteiger partial charge < -0.3 is 10.4 Å². The van der Waals surface area contributed by atoms with Gasteiger partial charge in [-0.2, -0.15) is 13.2 Å². The average molecular weight is 324 g/mol. The van der Waals surface area contributed by atoms with E-state index in [1.165, 1.54) is 0 Å². The zero-order valence-corrected chi connectivity index (χ0v) is 12.6. The van der Waals surface area contributed by atoms with Crippen LogP contribution >= 0.6 is 0 Å². The molecule has 0 aliphatic carbocycles. The van der Waals surface area contributed by atoms with Crippen LogP contribution in [0.15, 0.2) is 36.4 Å². The summed E-state index contributed by atoms with van der Waals surface area (Å²) in [5, 5.41) is 14.3. The Bertz CT molecular complexity index is 681. The molecule has 1 aliphatic rings. The maximum atomic E-state index is 13.0. The summed E-state index contributed by atoms with van der Waals surface area (Å²) in [5.74, 6) is 0.152. The van der Waals surface area contributed by atoms with Crippen LogP contribution in [0.5, 0.6) is 5.75 Å². The summed E-state index contributed by atoms with van der Waals surface area (Å²) >= 11 is 0. The lowest BCUT2D eigenvalue weighted by Gasteiger charge is -2.35. The number of piperazine rings is 1. The molecule has 1 fully saturated rings. The van der Waals surface area contributed by atoms with Gasteiger partial charge in [-0.15, -0.1) is 0 Å². The minimum absolute atomic E-state index is 0.152. The van der Waals surface area contributed by atoms with Crippen LogP contribution in [0.25, 0.3) is 10.8 Å². The van der Waals surface area contributed by atoms with Crippen molar-refractivity contribution in [2.45, 2.75) is 18.6 Å². The SMILES string of the molecule is Oc1ccc2cc([C@@H](CC(F)(F)F)N3CCNCC3)ccc2c1. The highest BCUT2D eigenvalue weighted by molar-refractivity contribution is 5.84. The Balaban J connectivity index is 1.95. The van der Waals surface area contributed by atoms with Crippen molar-refractivity contribution >= 4 is 10.8 Å². The van der Waals surface area contributed by atoms with Crippen LogP contribution in [0, 0.1) is 0 Å². The topological polar surface area (TPSA) is 35.5 Å². The summed E-state index contributed by atoms with van der Waals surface area (Å²) in [4.78, 5) is 1.89. The molecule has 1 heterocycles. The summed E-state index contributed by atoms with van der Waals surface area (Å²) in [5.41, 5.74) is 0.669. The van der Waals surface area contributed by atoms with Crippen molar-refractivity contribution in [1.29, 1.82) is 0 Å². The maximum absolute atomic E-state index is 13.0. The van der Waals surface area contributed by atoms with Crippen LogP contribution in [0.4, 0.5) is 13.2 Å². The molecule has 124 valence electrons. The van der Waals surface area contributed by atoms with Gasteiger partial charge in [0.2, 0.25) is 0 Å². The van der Waals surface area contributed by atoms with Crippen LogP contribution in [0.3, 0.4) is 0 Å². The van der Waals surface area contributed by atoms with Gasteiger partial charge in [-0.3, -0.25) is 4.90 Å². The van der Waals surface area contributed by atoms with Gasteiger partial charge in [-0.25, -0.2) is 0 Å². The molecule has 0 aromatic heterocycles. The first-order chi connectivity index (χ1) is 10.9. The van der Waals surface area contributed by atoms with Gasteiger partial charge in [0, 0.05) is 32.2 Å². The molecular formula is C17H19F3N2O. The molecule has 3 rings (SSSR count). The highest BCUT2D eigenvalue weighted by Gasteiger charge is 2.35. The zero-order chi connectivity index (χ0) is 16.4. The molecule has 1 aliphatic heterocycles. The number of phenols is 1. The zero-order valence-electron chi connectivity index (χ0n) is 12.6. The van der Waals surface area contributed by atoms with Gasteiger partial charge in [0.05, 0.1) is 6.42 Å². The second-order valence-electron chi connectivity index (χ2n) is 5.91. The lowest BCUT2D eigenvalue weighted by molar-refractivity contribution is -0.148. The summed E-state index contributed by atoms with van der Waals surface area (Å²) < 4.78 is 39.1. The standard InChI is InChI=1S/C17H19F3N2O/c18-17(19,20)11-16(22-7-5-21-6-8-22)14-2-1-13-10-15(23)4-3-12(13)9-14/h1-4,9-10,16,21,23H,5-8,11H2/t16-/m1/s1. The number of nitrogens with one attached hydrogen (secondary N) is 1. The van der Waals surface area contributed by atoms with E-state index >= 15 is 0 Å². The Labute approximate surface area is 132 Å². The molecular weight excluding hydrogens is 305 g/mol. The predicted molar refractivity (Wildman–Crippen MR) is 83.5 cm³/mol. The fourth-order valence-corrected chi connectivity index (χ4v) is 3.13. The molecule has 2 aromatic rings. The third kappa shape index (κ3) is 3.95. The number of hydrogen-bond donors (Lipinski definition) is 2. The number of nitrogens with zero attached hydrogens (tertiary/aromatic N) is 1. The molecule has 2 aromatic carbocycles.